The average molecular weight is 199 g/mol. The fraction of sp³-hybridized carbons (Fsp3) is 0.167. The Morgan fingerprint density at radius 1 is 1.20 bits per heavy atom. The molecule has 2 aromatic carbocycles. The van der Waals surface area contributed by atoms with E-state index in [4.69, 9.17) is 5.73 Å². The normalized spacial score (nSPS) is 15.3. The molecule has 3 heteroatoms. The van der Waals surface area contributed by atoms with Gasteiger partial charge < -0.3 is 11.2 Å². The van der Waals surface area contributed by atoms with Gasteiger partial charge in [0.2, 0.25) is 0 Å². The van der Waals surface area contributed by atoms with Crippen LogP contribution >= 0.6 is 0 Å². The zero-order chi connectivity index (χ0) is 10.3. The third-order valence-corrected chi connectivity index (χ3v) is 2.87. The Labute approximate surface area is 88.5 Å². The number of nitrogens with two attached hydrogens (primary N) is 1. The van der Waals surface area contributed by atoms with Gasteiger partial charge in [-0.3, -0.25) is 0 Å². The topological polar surface area (TPSA) is 41.3 Å². The molecule has 76 valence electrons. The third kappa shape index (κ3) is 1.28. The average Bonchev–Trinajstić information content (AvgIpc) is 2.72. The standard InChI is InChI=1S/C12H13N3/c13-8-15-7-10-6-5-9-3-1-2-4-11(9)12(10)14-15/h1-6,14H,7-8,13H2. The molecule has 1 aliphatic heterocycles. The maximum atomic E-state index is 5.62. The van der Waals surface area contributed by atoms with Crippen molar-refractivity contribution in [3.8, 4) is 0 Å². The molecule has 0 saturated heterocycles. The van der Waals surface area contributed by atoms with Crippen molar-refractivity contribution in [3.05, 3.63) is 42.0 Å². The summed E-state index contributed by atoms with van der Waals surface area (Å²) in [5.41, 5.74) is 11.5. The lowest BCUT2D eigenvalue weighted by atomic mass is 10.1. The predicted octanol–water partition coefficient (Wildman–Crippen LogP) is 1.90. The molecule has 3 rings (SSSR count). The molecule has 0 bridgehead atoms. The van der Waals surface area contributed by atoms with Crippen LogP contribution in [-0.2, 0) is 6.54 Å². The van der Waals surface area contributed by atoms with Gasteiger partial charge in [0.15, 0.2) is 0 Å². The van der Waals surface area contributed by atoms with Crippen molar-refractivity contribution in [2.24, 2.45) is 5.73 Å². The van der Waals surface area contributed by atoms with Crippen LogP contribution in [0.4, 0.5) is 5.69 Å². The lowest BCUT2D eigenvalue weighted by Crippen LogP contribution is -2.29. The second kappa shape index (κ2) is 3.22. The molecule has 0 fully saturated rings. The van der Waals surface area contributed by atoms with Crippen LogP contribution in [0, 0.1) is 0 Å². The van der Waals surface area contributed by atoms with Gasteiger partial charge in [-0.15, -0.1) is 0 Å². The molecule has 0 aliphatic carbocycles. The molecular formula is C12H13N3. The first-order valence-electron chi connectivity index (χ1n) is 5.11. The zero-order valence-corrected chi connectivity index (χ0v) is 8.40. The fourth-order valence-electron chi connectivity index (χ4n) is 2.09. The molecule has 15 heavy (non-hydrogen) atoms. The van der Waals surface area contributed by atoms with Crippen LogP contribution in [-0.4, -0.2) is 11.7 Å². The summed E-state index contributed by atoms with van der Waals surface area (Å²) in [7, 11) is 0. The highest BCUT2D eigenvalue weighted by molar-refractivity contribution is 5.96. The minimum atomic E-state index is 0.531. The van der Waals surface area contributed by atoms with E-state index in [1.807, 2.05) is 5.01 Å². The molecule has 3 N–H and O–H groups in total. The maximum Gasteiger partial charge on any atom is 0.0648 e. The molecule has 3 nitrogen and oxygen atoms in total. The summed E-state index contributed by atoms with van der Waals surface area (Å²) in [6, 6.07) is 12.7. The minimum Gasteiger partial charge on any atom is -0.317 e. The van der Waals surface area contributed by atoms with Gasteiger partial charge >= 0.3 is 0 Å². The number of hydrogen-bond acceptors (Lipinski definition) is 3. The van der Waals surface area contributed by atoms with Crippen molar-refractivity contribution < 1.29 is 0 Å². The van der Waals surface area contributed by atoms with Gasteiger partial charge in [0.1, 0.15) is 0 Å². The first-order valence-corrected chi connectivity index (χ1v) is 5.11. The maximum absolute atomic E-state index is 5.62. The second-order valence-electron chi connectivity index (χ2n) is 3.81. The summed E-state index contributed by atoms with van der Waals surface area (Å²) in [5, 5.41) is 4.55. The zero-order valence-electron chi connectivity index (χ0n) is 8.40. The summed E-state index contributed by atoms with van der Waals surface area (Å²) < 4.78 is 0. The Morgan fingerprint density at radius 2 is 2.07 bits per heavy atom. The van der Waals surface area contributed by atoms with E-state index in [0.717, 1.165) is 6.54 Å². The van der Waals surface area contributed by atoms with E-state index in [2.05, 4.69) is 41.8 Å². The van der Waals surface area contributed by atoms with Crippen molar-refractivity contribution in [1.29, 1.82) is 0 Å². The molecule has 1 aliphatic rings. The highest BCUT2D eigenvalue weighted by Crippen LogP contribution is 2.32. The van der Waals surface area contributed by atoms with E-state index in [0.29, 0.717) is 6.67 Å². The largest absolute Gasteiger partial charge is 0.317 e. The third-order valence-electron chi connectivity index (χ3n) is 2.87. The van der Waals surface area contributed by atoms with Gasteiger partial charge in [0, 0.05) is 11.9 Å². The molecular weight excluding hydrogens is 186 g/mol. The highest BCUT2D eigenvalue weighted by atomic mass is 15.5. The Morgan fingerprint density at radius 3 is 2.93 bits per heavy atom. The van der Waals surface area contributed by atoms with Gasteiger partial charge in [0.05, 0.1) is 12.4 Å². The van der Waals surface area contributed by atoms with Crippen LogP contribution in [0.2, 0.25) is 0 Å². The van der Waals surface area contributed by atoms with Gasteiger partial charge in [-0.05, 0) is 10.9 Å². The van der Waals surface area contributed by atoms with Crippen LogP contribution in [0.25, 0.3) is 10.8 Å². The first kappa shape index (κ1) is 8.71. The minimum absolute atomic E-state index is 0.531. The number of hydrogen-bond donors (Lipinski definition) is 2. The predicted molar refractivity (Wildman–Crippen MR) is 62.2 cm³/mol. The number of fused-ring (bicyclic) bond motifs is 3. The van der Waals surface area contributed by atoms with Crippen LogP contribution in [0.5, 0.6) is 0 Å². The SMILES string of the molecule is NCN1Cc2ccc3ccccc3c2N1. The number of nitrogens with zero attached hydrogens (tertiary/aromatic N) is 1. The van der Waals surface area contributed by atoms with Gasteiger partial charge in [0.25, 0.3) is 0 Å². The molecule has 0 unspecified atom stereocenters. The number of rotatable bonds is 1. The second-order valence-corrected chi connectivity index (χ2v) is 3.81. The Hall–Kier alpha value is -1.58. The van der Waals surface area contributed by atoms with Crippen molar-refractivity contribution in [1.82, 2.24) is 5.01 Å². The van der Waals surface area contributed by atoms with Crippen molar-refractivity contribution >= 4 is 16.5 Å². The number of anilines is 1. The molecule has 0 radical (unpaired) electrons. The van der Waals surface area contributed by atoms with E-state index < -0.39 is 0 Å². The summed E-state index contributed by atoms with van der Waals surface area (Å²) in [4.78, 5) is 0. The highest BCUT2D eigenvalue weighted by Gasteiger charge is 2.18. The molecule has 2 aromatic rings. The van der Waals surface area contributed by atoms with Gasteiger partial charge in [-0.25, -0.2) is 5.01 Å². The number of nitrogens with one attached hydrogen (secondary N) is 1. The quantitative estimate of drug-likeness (QED) is 0.737. The number of hydrazine groups is 1. The van der Waals surface area contributed by atoms with E-state index in [1.165, 1.54) is 22.0 Å². The van der Waals surface area contributed by atoms with E-state index in [9.17, 15) is 0 Å². The summed E-state index contributed by atoms with van der Waals surface area (Å²) in [6.45, 7) is 1.42. The lowest BCUT2D eigenvalue weighted by molar-refractivity contribution is 0.354. The molecule has 0 atom stereocenters. The van der Waals surface area contributed by atoms with Crippen LogP contribution in [0.15, 0.2) is 36.4 Å². The molecule has 0 saturated carbocycles. The van der Waals surface area contributed by atoms with Gasteiger partial charge in [-0.2, -0.15) is 0 Å². The lowest BCUT2D eigenvalue weighted by Gasteiger charge is -2.12. The monoisotopic (exact) mass is 199 g/mol. The molecule has 0 amide bonds. The van der Waals surface area contributed by atoms with Crippen molar-refractivity contribution in [3.63, 3.8) is 0 Å². The number of benzene rings is 2. The van der Waals surface area contributed by atoms with Crippen molar-refractivity contribution in [2.75, 3.05) is 12.1 Å². The first-order chi connectivity index (χ1) is 7.38. The Balaban J connectivity index is 2.20. The van der Waals surface area contributed by atoms with Crippen molar-refractivity contribution in [2.45, 2.75) is 6.54 Å². The smallest absolute Gasteiger partial charge is 0.0648 e. The molecule has 0 spiro atoms. The summed E-state index contributed by atoms with van der Waals surface area (Å²) in [6.07, 6.45) is 0. The van der Waals surface area contributed by atoms with Crippen LogP contribution in [0.1, 0.15) is 5.56 Å². The van der Waals surface area contributed by atoms with Crippen LogP contribution < -0.4 is 11.2 Å². The Bertz CT molecular complexity index is 507. The summed E-state index contributed by atoms with van der Waals surface area (Å²) in [5.74, 6) is 0. The van der Waals surface area contributed by atoms with Crippen LogP contribution in [0.3, 0.4) is 0 Å². The van der Waals surface area contributed by atoms with E-state index in [-0.39, 0.29) is 0 Å². The van der Waals surface area contributed by atoms with E-state index in [1.54, 1.807) is 0 Å². The molecule has 0 aromatic heterocycles. The molecule has 1 heterocycles. The van der Waals surface area contributed by atoms with Gasteiger partial charge in [-0.1, -0.05) is 36.4 Å². The fourth-order valence-corrected chi connectivity index (χ4v) is 2.09. The Kier molecular flexibility index (Phi) is 1.87. The van der Waals surface area contributed by atoms with E-state index >= 15 is 0 Å². The summed E-state index contributed by atoms with van der Waals surface area (Å²) >= 11 is 0.